The molecule has 0 unspecified atom stereocenters. The molecule has 0 aliphatic carbocycles. The normalized spacial score (nSPS) is 13.6. The van der Waals surface area contributed by atoms with Gasteiger partial charge in [-0.05, 0) is 43.2 Å². The van der Waals surface area contributed by atoms with Crippen LogP contribution in [0.15, 0.2) is 65.1 Å². The molecule has 3 aromatic rings. The zero-order chi connectivity index (χ0) is 28.3. The Bertz CT molecular complexity index is 1220. The molecule has 0 bridgehead atoms. The van der Waals surface area contributed by atoms with Crippen LogP contribution in [-0.2, 0) is 22.6 Å². The van der Waals surface area contributed by atoms with Gasteiger partial charge in [-0.15, -0.1) is 0 Å². The molecule has 1 saturated heterocycles. The van der Waals surface area contributed by atoms with Crippen molar-refractivity contribution in [3.05, 3.63) is 83.3 Å². The number of benzene rings is 2. The van der Waals surface area contributed by atoms with Crippen molar-refractivity contribution < 1.29 is 28.2 Å². The number of methoxy groups -OCH3 is 2. The summed E-state index contributed by atoms with van der Waals surface area (Å²) in [6.45, 7) is 6.95. The third-order valence-electron chi connectivity index (χ3n) is 6.93. The van der Waals surface area contributed by atoms with E-state index in [0.717, 1.165) is 37.4 Å². The molecule has 0 radical (unpaired) electrons. The standard InChI is InChI=1S/C31H39N3O6/c1-24-10-11-27(40-24)22-34(21-25-8-5-4-6-9-25)30(35)23-33(13-7-12-32-14-16-39-17-15-32)31(36)26-18-28(37-2)20-29(19-26)38-3/h4-6,8-11,18-20H,7,12-17,21-23H2,1-3H3. The fourth-order valence-corrected chi connectivity index (χ4v) is 4.73. The maximum atomic E-state index is 13.8. The molecule has 2 amide bonds. The van der Waals surface area contributed by atoms with Gasteiger partial charge < -0.3 is 28.4 Å². The first-order valence-corrected chi connectivity index (χ1v) is 13.6. The Hall–Kier alpha value is -3.82. The summed E-state index contributed by atoms with van der Waals surface area (Å²) in [5.41, 5.74) is 1.41. The Morgan fingerprint density at radius 1 is 0.900 bits per heavy atom. The van der Waals surface area contributed by atoms with Crippen LogP contribution in [-0.4, -0.2) is 86.7 Å². The molecule has 0 spiro atoms. The smallest absolute Gasteiger partial charge is 0.254 e. The fraction of sp³-hybridized carbons (Fsp3) is 0.419. The van der Waals surface area contributed by atoms with Gasteiger partial charge in [0.2, 0.25) is 5.91 Å². The van der Waals surface area contributed by atoms with Crippen molar-refractivity contribution in [2.75, 3.05) is 60.2 Å². The van der Waals surface area contributed by atoms with Gasteiger partial charge in [0.1, 0.15) is 29.6 Å². The lowest BCUT2D eigenvalue weighted by atomic mass is 10.1. The minimum absolute atomic E-state index is 0.0615. The first kappa shape index (κ1) is 29.2. The lowest BCUT2D eigenvalue weighted by Gasteiger charge is -2.30. The van der Waals surface area contributed by atoms with Crippen LogP contribution in [0.1, 0.15) is 33.9 Å². The van der Waals surface area contributed by atoms with Gasteiger partial charge >= 0.3 is 0 Å². The maximum absolute atomic E-state index is 13.8. The van der Waals surface area contributed by atoms with E-state index >= 15 is 0 Å². The molecule has 0 atom stereocenters. The highest BCUT2D eigenvalue weighted by Crippen LogP contribution is 2.24. The van der Waals surface area contributed by atoms with Crippen LogP contribution >= 0.6 is 0 Å². The van der Waals surface area contributed by atoms with Gasteiger partial charge in [-0.25, -0.2) is 0 Å². The average Bonchev–Trinajstić information content (AvgIpc) is 3.40. The predicted octanol–water partition coefficient (Wildman–Crippen LogP) is 4.00. The lowest BCUT2D eigenvalue weighted by Crippen LogP contribution is -2.44. The number of aryl methyl sites for hydroxylation is 1. The summed E-state index contributed by atoms with van der Waals surface area (Å²) < 4.78 is 22.0. The largest absolute Gasteiger partial charge is 0.497 e. The van der Waals surface area contributed by atoms with Gasteiger partial charge in [0, 0.05) is 44.4 Å². The highest BCUT2D eigenvalue weighted by Gasteiger charge is 2.25. The van der Waals surface area contributed by atoms with E-state index in [0.29, 0.717) is 55.7 Å². The summed E-state index contributed by atoms with van der Waals surface area (Å²) in [6.07, 6.45) is 0.732. The van der Waals surface area contributed by atoms with E-state index in [1.807, 2.05) is 49.4 Å². The number of hydrogen-bond acceptors (Lipinski definition) is 7. The Morgan fingerprint density at radius 3 is 2.23 bits per heavy atom. The molecule has 2 heterocycles. The first-order chi connectivity index (χ1) is 19.4. The van der Waals surface area contributed by atoms with Gasteiger partial charge in [0.25, 0.3) is 5.91 Å². The summed E-state index contributed by atoms with van der Waals surface area (Å²) in [5.74, 6) is 2.11. The van der Waals surface area contributed by atoms with Crippen molar-refractivity contribution >= 4 is 11.8 Å². The fourth-order valence-electron chi connectivity index (χ4n) is 4.73. The molecule has 1 aliphatic heterocycles. The Kier molecular flexibility index (Phi) is 10.6. The van der Waals surface area contributed by atoms with Crippen LogP contribution in [0.5, 0.6) is 11.5 Å². The first-order valence-electron chi connectivity index (χ1n) is 13.6. The third-order valence-corrected chi connectivity index (χ3v) is 6.93. The highest BCUT2D eigenvalue weighted by atomic mass is 16.5. The summed E-state index contributed by atoms with van der Waals surface area (Å²) in [4.78, 5) is 33.4. The maximum Gasteiger partial charge on any atom is 0.254 e. The van der Waals surface area contributed by atoms with Crippen molar-refractivity contribution in [1.82, 2.24) is 14.7 Å². The van der Waals surface area contributed by atoms with Crippen LogP contribution in [0.2, 0.25) is 0 Å². The van der Waals surface area contributed by atoms with Crippen molar-refractivity contribution in [1.29, 1.82) is 0 Å². The summed E-state index contributed by atoms with van der Waals surface area (Å²) in [7, 11) is 3.09. The predicted molar refractivity (Wildman–Crippen MR) is 151 cm³/mol. The number of morpholine rings is 1. The molecule has 0 N–H and O–H groups in total. The molecule has 214 valence electrons. The van der Waals surface area contributed by atoms with Crippen LogP contribution in [0, 0.1) is 6.92 Å². The van der Waals surface area contributed by atoms with E-state index in [1.54, 1.807) is 42.2 Å². The summed E-state index contributed by atoms with van der Waals surface area (Å²) in [5, 5.41) is 0. The molecule has 2 aromatic carbocycles. The molecule has 1 aromatic heterocycles. The second-order valence-electron chi connectivity index (χ2n) is 9.88. The van der Waals surface area contributed by atoms with Crippen molar-refractivity contribution in [2.45, 2.75) is 26.4 Å². The quantitative estimate of drug-likeness (QED) is 0.319. The minimum Gasteiger partial charge on any atom is -0.497 e. The molecule has 4 rings (SSSR count). The Labute approximate surface area is 236 Å². The van der Waals surface area contributed by atoms with E-state index < -0.39 is 0 Å². The Morgan fingerprint density at radius 2 is 1.60 bits per heavy atom. The van der Waals surface area contributed by atoms with E-state index in [4.69, 9.17) is 18.6 Å². The third kappa shape index (κ3) is 8.34. The van der Waals surface area contributed by atoms with Gasteiger partial charge in [-0.3, -0.25) is 14.5 Å². The second kappa shape index (κ2) is 14.5. The number of nitrogens with zero attached hydrogens (tertiary/aromatic N) is 3. The molecule has 1 fully saturated rings. The molecule has 1 aliphatic rings. The molecular formula is C31H39N3O6. The molecule has 40 heavy (non-hydrogen) atoms. The SMILES string of the molecule is COc1cc(OC)cc(C(=O)N(CCCN2CCOCC2)CC(=O)N(Cc2ccccc2)Cc2ccc(C)o2)c1. The van der Waals surface area contributed by atoms with Crippen LogP contribution < -0.4 is 9.47 Å². The Balaban J connectivity index is 1.54. The van der Waals surface area contributed by atoms with Gasteiger partial charge in [-0.2, -0.15) is 0 Å². The highest BCUT2D eigenvalue weighted by molar-refractivity contribution is 5.97. The van der Waals surface area contributed by atoms with E-state index in [1.165, 1.54) is 0 Å². The number of rotatable bonds is 13. The summed E-state index contributed by atoms with van der Waals surface area (Å²) >= 11 is 0. The lowest BCUT2D eigenvalue weighted by molar-refractivity contribution is -0.133. The molecule has 9 nitrogen and oxygen atoms in total. The number of amides is 2. The zero-order valence-electron chi connectivity index (χ0n) is 23.6. The molecule has 9 heteroatoms. The number of carbonyl (C=O) groups is 2. The van der Waals surface area contributed by atoms with Crippen LogP contribution in [0.4, 0.5) is 0 Å². The van der Waals surface area contributed by atoms with Crippen molar-refractivity contribution in [3.8, 4) is 11.5 Å². The monoisotopic (exact) mass is 549 g/mol. The van der Waals surface area contributed by atoms with Gasteiger partial charge in [0.05, 0.1) is 34.0 Å². The van der Waals surface area contributed by atoms with Crippen LogP contribution in [0.25, 0.3) is 0 Å². The van der Waals surface area contributed by atoms with E-state index in [-0.39, 0.29) is 18.4 Å². The van der Waals surface area contributed by atoms with Crippen LogP contribution in [0.3, 0.4) is 0 Å². The summed E-state index contributed by atoms with van der Waals surface area (Å²) in [6, 6.07) is 18.7. The zero-order valence-corrected chi connectivity index (χ0v) is 23.6. The van der Waals surface area contributed by atoms with E-state index in [2.05, 4.69) is 4.90 Å². The minimum atomic E-state index is -0.249. The number of furan rings is 1. The topological polar surface area (TPSA) is 84.7 Å². The van der Waals surface area contributed by atoms with Crippen molar-refractivity contribution in [3.63, 3.8) is 0 Å². The number of hydrogen-bond donors (Lipinski definition) is 0. The molecular weight excluding hydrogens is 510 g/mol. The van der Waals surface area contributed by atoms with Crippen molar-refractivity contribution in [2.24, 2.45) is 0 Å². The number of carbonyl (C=O) groups excluding carboxylic acids is 2. The number of ether oxygens (including phenoxy) is 3. The van der Waals surface area contributed by atoms with Gasteiger partial charge in [0.15, 0.2) is 0 Å². The van der Waals surface area contributed by atoms with Gasteiger partial charge in [-0.1, -0.05) is 30.3 Å². The van der Waals surface area contributed by atoms with E-state index in [9.17, 15) is 9.59 Å². The molecule has 0 saturated carbocycles. The second-order valence-corrected chi connectivity index (χ2v) is 9.88. The average molecular weight is 550 g/mol.